The van der Waals surface area contributed by atoms with Crippen LogP contribution in [0.5, 0.6) is 5.75 Å². The third-order valence-corrected chi connectivity index (χ3v) is 1.53. The van der Waals surface area contributed by atoms with Crippen LogP contribution in [0.1, 0.15) is 19.4 Å². The number of ether oxygens (including phenoxy) is 1. The van der Waals surface area contributed by atoms with Crippen molar-refractivity contribution in [2.45, 2.75) is 13.8 Å². The summed E-state index contributed by atoms with van der Waals surface area (Å²) in [7, 11) is 0. The van der Waals surface area contributed by atoms with E-state index in [-0.39, 0.29) is 0 Å². The van der Waals surface area contributed by atoms with Crippen molar-refractivity contribution in [2.24, 2.45) is 0 Å². The molecule has 0 fully saturated rings. The number of benzene rings is 1. The van der Waals surface area contributed by atoms with Crippen molar-refractivity contribution in [1.82, 2.24) is 0 Å². The van der Waals surface area contributed by atoms with Crippen LogP contribution >= 0.6 is 0 Å². The third kappa shape index (κ3) is 2.42. The van der Waals surface area contributed by atoms with Gasteiger partial charge in [-0.3, -0.25) is 0 Å². The minimum absolute atomic E-state index is 0.722. The van der Waals surface area contributed by atoms with Gasteiger partial charge in [-0.15, -0.1) is 0 Å². The quantitative estimate of drug-likeness (QED) is 0.663. The van der Waals surface area contributed by atoms with Crippen LogP contribution in [0.25, 0.3) is 6.08 Å². The summed E-state index contributed by atoms with van der Waals surface area (Å²) in [5.41, 5.74) is 1.18. The Morgan fingerprint density at radius 3 is 2.92 bits per heavy atom. The first-order valence-electron chi connectivity index (χ1n) is 4.22. The Kier molecular flexibility index (Phi) is 3.39. The Morgan fingerprint density at radius 1 is 1.42 bits per heavy atom. The molecule has 0 aromatic heterocycles. The molecule has 0 amide bonds. The molecule has 0 radical (unpaired) electrons. The van der Waals surface area contributed by atoms with Crippen molar-refractivity contribution in [3.05, 3.63) is 35.9 Å². The SMILES string of the molecule is CC=Cc1cccc(OCC)c1. The zero-order chi connectivity index (χ0) is 8.81. The Hall–Kier alpha value is -1.24. The van der Waals surface area contributed by atoms with E-state index in [4.69, 9.17) is 4.74 Å². The topological polar surface area (TPSA) is 9.23 Å². The number of allylic oxidation sites excluding steroid dienone is 1. The maximum atomic E-state index is 5.36. The molecule has 0 bridgehead atoms. The highest BCUT2D eigenvalue weighted by Crippen LogP contribution is 2.13. The van der Waals surface area contributed by atoms with Crippen LogP contribution < -0.4 is 4.74 Å². The average Bonchev–Trinajstić information content (AvgIpc) is 2.06. The Bertz CT molecular complexity index is 263. The summed E-state index contributed by atoms with van der Waals surface area (Å²) >= 11 is 0. The van der Waals surface area contributed by atoms with Crippen molar-refractivity contribution >= 4 is 6.08 Å². The summed E-state index contributed by atoms with van der Waals surface area (Å²) in [4.78, 5) is 0. The Labute approximate surface area is 73.7 Å². The van der Waals surface area contributed by atoms with Crippen LogP contribution in [0.3, 0.4) is 0 Å². The zero-order valence-corrected chi connectivity index (χ0v) is 7.58. The Morgan fingerprint density at radius 2 is 2.25 bits per heavy atom. The third-order valence-electron chi connectivity index (χ3n) is 1.53. The van der Waals surface area contributed by atoms with Crippen molar-refractivity contribution in [1.29, 1.82) is 0 Å². The van der Waals surface area contributed by atoms with Crippen LogP contribution in [0.2, 0.25) is 0 Å². The molecule has 0 aliphatic rings. The maximum absolute atomic E-state index is 5.36. The van der Waals surface area contributed by atoms with Gasteiger partial charge in [0.25, 0.3) is 0 Å². The maximum Gasteiger partial charge on any atom is 0.119 e. The van der Waals surface area contributed by atoms with Gasteiger partial charge in [0.15, 0.2) is 0 Å². The zero-order valence-electron chi connectivity index (χ0n) is 7.58. The lowest BCUT2D eigenvalue weighted by Crippen LogP contribution is -1.90. The molecule has 0 aliphatic heterocycles. The second-order valence-corrected chi connectivity index (χ2v) is 2.51. The summed E-state index contributed by atoms with van der Waals surface area (Å²) < 4.78 is 5.36. The first-order valence-corrected chi connectivity index (χ1v) is 4.22. The predicted molar refractivity (Wildman–Crippen MR) is 52.3 cm³/mol. The van der Waals surface area contributed by atoms with Crippen LogP contribution in [0.15, 0.2) is 30.3 Å². The fourth-order valence-corrected chi connectivity index (χ4v) is 1.07. The monoisotopic (exact) mass is 162 g/mol. The van der Waals surface area contributed by atoms with Crippen molar-refractivity contribution < 1.29 is 4.74 Å². The summed E-state index contributed by atoms with van der Waals surface area (Å²) in [6, 6.07) is 8.06. The van der Waals surface area contributed by atoms with Crippen molar-refractivity contribution in [2.75, 3.05) is 6.61 Å². The van der Waals surface area contributed by atoms with E-state index in [1.807, 2.05) is 38.1 Å². The van der Waals surface area contributed by atoms with Gasteiger partial charge in [0.05, 0.1) is 6.61 Å². The fraction of sp³-hybridized carbons (Fsp3) is 0.273. The number of rotatable bonds is 3. The van der Waals surface area contributed by atoms with Gasteiger partial charge in [0, 0.05) is 0 Å². The summed E-state index contributed by atoms with van der Waals surface area (Å²) in [5.74, 6) is 0.938. The van der Waals surface area contributed by atoms with Gasteiger partial charge in [-0.05, 0) is 31.5 Å². The lowest BCUT2D eigenvalue weighted by atomic mass is 10.2. The standard InChI is InChI=1S/C11H14O/c1-3-6-10-7-5-8-11(9-10)12-4-2/h3,5-9H,4H2,1-2H3. The Balaban J connectivity index is 2.80. The van der Waals surface area contributed by atoms with E-state index in [9.17, 15) is 0 Å². The van der Waals surface area contributed by atoms with E-state index < -0.39 is 0 Å². The molecular weight excluding hydrogens is 148 g/mol. The van der Waals surface area contributed by atoms with Crippen LogP contribution in [-0.2, 0) is 0 Å². The molecule has 0 heterocycles. The second-order valence-electron chi connectivity index (χ2n) is 2.51. The van der Waals surface area contributed by atoms with Crippen LogP contribution in [0.4, 0.5) is 0 Å². The van der Waals surface area contributed by atoms with Gasteiger partial charge >= 0.3 is 0 Å². The highest BCUT2D eigenvalue weighted by molar-refractivity contribution is 5.51. The molecule has 0 saturated carbocycles. The molecule has 0 saturated heterocycles. The minimum atomic E-state index is 0.722. The molecule has 0 N–H and O–H groups in total. The molecule has 1 rings (SSSR count). The summed E-state index contributed by atoms with van der Waals surface area (Å²) in [6.07, 6.45) is 4.08. The average molecular weight is 162 g/mol. The largest absolute Gasteiger partial charge is 0.494 e. The van der Waals surface area contributed by atoms with Crippen LogP contribution in [0, 0.1) is 0 Å². The van der Waals surface area contributed by atoms with E-state index in [1.165, 1.54) is 5.56 Å². The lowest BCUT2D eigenvalue weighted by molar-refractivity contribution is 0.340. The van der Waals surface area contributed by atoms with Crippen LogP contribution in [-0.4, -0.2) is 6.61 Å². The van der Waals surface area contributed by atoms with E-state index >= 15 is 0 Å². The molecule has 0 atom stereocenters. The molecular formula is C11H14O. The summed E-state index contributed by atoms with van der Waals surface area (Å²) in [6.45, 7) is 4.72. The minimum Gasteiger partial charge on any atom is -0.494 e. The molecule has 1 nitrogen and oxygen atoms in total. The lowest BCUT2D eigenvalue weighted by Gasteiger charge is -2.02. The van der Waals surface area contributed by atoms with Gasteiger partial charge in [-0.2, -0.15) is 0 Å². The van der Waals surface area contributed by atoms with Gasteiger partial charge in [-0.1, -0.05) is 24.3 Å². The van der Waals surface area contributed by atoms with Gasteiger partial charge < -0.3 is 4.74 Å². The molecule has 1 aromatic carbocycles. The smallest absolute Gasteiger partial charge is 0.119 e. The van der Waals surface area contributed by atoms with E-state index in [0.29, 0.717) is 0 Å². The van der Waals surface area contributed by atoms with E-state index in [1.54, 1.807) is 0 Å². The summed E-state index contributed by atoms with van der Waals surface area (Å²) in [5, 5.41) is 0. The van der Waals surface area contributed by atoms with E-state index in [0.717, 1.165) is 12.4 Å². The first-order chi connectivity index (χ1) is 5.86. The molecule has 0 unspecified atom stereocenters. The molecule has 64 valence electrons. The molecule has 0 spiro atoms. The first kappa shape index (κ1) is 8.85. The van der Waals surface area contributed by atoms with E-state index in [2.05, 4.69) is 12.1 Å². The highest BCUT2D eigenvalue weighted by Gasteiger charge is 1.91. The van der Waals surface area contributed by atoms with Crippen molar-refractivity contribution in [3.8, 4) is 5.75 Å². The fourth-order valence-electron chi connectivity index (χ4n) is 1.07. The van der Waals surface area contributed by atoms with Gasteiger partial charge in [0.1, 0.15) is 5.75 Å². The second kappa shape index (κ2) is 4.60. The van der Waals surface area contributed by atoms with Crippen molar-refractivity contribution in [3.63, 3.8) is 0 Å². The van der Waals surface area contributed by atoms with Gasteiger partial charge in [0.2, 0.25) is 0 Å². The van der Waals surface area contributed by atoms with Gasteiger partial charge in [-0.25, -0.2) is 0 Å². The molecule has 1 heteroatoms. The predicted octanol–water partition coefficient (Wildman–Crippen LogP) is 3.12. The highest BCUT2D eigenvalue weighted by atomic mass is 16.5. The normalized spacial score (nSPS) is 10.5. The number of hydrogen-bond acceptors (Lipinski definition) is 1. The molecule has 12 heavy (non-hydrogen) atoms. The molecule has 0 aliphatic carbocycles. The molecule has 1 aromatic rings. The number of hydrogen-bond donors (Lipinski definition) is 0.